The molecule has 22 heavy (non-hydrogen) atoms. The first-order chi connectivity index (χ1) is 10.00. The molecule has 4 nitrogen and oxygen atoms in total. The highest BCUT2D eigenvalue weighted by atomic mass is 19.1. The first-order valence-corrected chi connectivity index (χ1v) is 7.12. The molecule has 0 bridgehead atoms. The molecule has 0 saturated carbocycles. The van der Waals surface area contributed by atoms with Crippen molar-refractivity contribution in [3.63, 3.8) is 0 Å². The van der Waals surface area contributed by atoms with Crippen LogP contribution in [-0.2, 0) is 10.2 Å². The molecule has 0 aliphatic carbocycles. The fourth-order valence-corrected chi connectivity index (χ4v) is 2.05. The Bertz CT molecular complexity index is 556. The van der Waals surface area contributed by atoms with Crippen LogP contribution in [0, 0.1) is 18.6 Å². The molecular formula is C16H24F2N2O2. The lowest BCUT2D eigenvalue weighted by Gasteiger charge is -2.30. The Morgan fingerprint density at radius 3 is 2.36 bits per heavy atom. The normalized spacial score (nSPS) is 14.4. The number of amides is 1. The number of nitrogens with two attached hydrogens (primary N) is 1. The summed E-state index contributed by atoms with van der Waals surface area (Å²) in [4.78, 5) is 11.7. The van der Waals surface area contributed by atoms with Gasteiger partial charge in [-0.05, 0) is 39.3 Å². The highest BCUT2D eigenvalue weighted by molar-refractivity contribution is 5.67. The SMILES string of the molecule is Cc1ccc(F)c(C(C)(CN)CNC(=O)OC(C)(C)C)c1F. The lowest BCUT2D eigenvalue weighted by atomic mass is 9.81. The standard InChI is InChI=1S/C16H24F2N2O2/c1-10-6-7-11(17)12(13(10)18)16(5,8-19)9-20-14(21)22-15(2,3)4/h6-7H,8-9,19H2,1-5H3,(H,20,21). The first kappa shape index (κ1) is 18.4. The van der Waals surface area contributed by atoms with Crippen LogP contribution < -0.4 is 11.1 Å². The second-order valence-electron chi connectivity index (χ2n) is 6.67. The van der Waals surface area contributed by atoms with Crippen molar-refractivity contribution >= 4 is 6.09 Å². The van der Waals surface area contributed by atoms with Gasteiger partial charge in [-0.3, -0.25) is 0 Å². The monoisotopic (exact) mass is 314 g/mol. The van der Waals surface area contributed by atoms with Crippen LogP contribution in [0.5, 0.6) is 0 Å². The molecule has 0 radical (unpaired) electrons. The molecule has 1 amide bonds. The average molecular weight is 314 g/mol. The summed E-state index contributed by atoms with van der Waals surface area (Å²) in [5, 5.41) is 2.53. The Hall–Kier alpha value is -1.69. The summed E-state index contributed by atoms with van der Waals surface area (Å²) in [5.41, 5.74) is 4.20. The topological polar surface area (TPSA) is 64.3 Å². The van der Waals surface area contributed by atoms with E-state index in [9.17, 15) is 13.6 Å². The molecule has 1 unspecified atom stereocenters. The lowest BCUT2D eigenvalue weighted by molar-refractivity contribution is 0.0515. The third-order valence-corrected chi connectivity index (χ3v) is 3.36. The van der Waals surface area contributed by atoms with E-state index in [-0.39, 0.29) is 18.7 Å². The molecule has 1 rings (SSSR count). The van der Waals surface area contributed by atoms with Crippen molar-refractivity contribution in [1.82, 2.24) is 5.32 Å². The lowest BCUT2D eigenvalue weighted by Crippen LogP contribution is -2.46. The Morgan fingerprint density at radius 1 is 1.27 bits per heavy atom. The van der Waals surface area contributed by atoms with E-state index in [2.05, 4.69) is 5.32 Å². The number of benzene rings is 1. The number of hydrogen-bond donors (Lipinski definition) is 2. The second kappa shape index (κ2) is 6.60. The van der Waals surface area contributed by atoms with E-state index in [1.807, 2.05) is 0 Å². The molecule has 6 heteroatoms. The molecule has 0 heterocycles. The summed E-state index contributed by atoms with van der Waals surface area (Å²) in [6, 6.07) is 2.57. The van der Waals surface area contributed by atoms with Gasteiger partial charge in [0.05, 0.1) is 0 Å². The Morgan fingerprint density at radius 2 is 1.86 bits per heavy atom. The highest BCUT2D eigenvalue weighted by Crippen LogP contribution is 2.29. The van der Waals surface area contributed by atoms with Crippen LogP contribution in [-0.4, -0.2) is 24.8 Å². The largest absolute Gasteiger partial charge is 0.444 e. The van der Waals surface area contributed by atoms with Crippen LogP contribution in [0.25, 0.3) is 0 Å². The number of carbonyl (C=O) groups is 1. The van der Waals surface area contributed by atoms with E-state index in [0.717, 1.165) is 0 Å². The highest BCUT2D eigenvalue weighted by Gasteiger charge is 2.33. The third kappa shape index (κ3) is 4.40. The number of ether oxygens (including phenoxy) is 1. The van der Waals surface area contributed by atoms with Gasteiger partial charge >= 0.3 is 6.09 Å². The van der Waals surface area contributed by atoms with E-state index in [1.54, 1.807) is 34.6 Å². The number of aryl methyl sites for hydroxylation is 1. The van der Waals surface area contributed by atoms with Crippen LogP contribution in [0.4, 0.5) is 13.6 Å². The van der Waals surface area contributed by atoms with Crippen molar-refractivity contribution in [2.75, 3.05) is 13.1 Å². The van der Waals surface area contributed by atoms with E-state index >= 15 is 0 Å². The summed E-state index contributed by atoms with van der Waals surface area (Å²) < 4.78 is 33.5. The molecule has 1 aromatic carbocycles. The van der Waals surface area contributed by atoms with Gasteiger partial charge < -0.3 is 15.8 Å². The van der Waals surface area contributed by atoms with Gasteiger partial charge in [0.15, 0.2) is 0 Å². The van der Waals surface area contributed by atoms with E-state index in [1.165, 1.54) is 12.1 Å². The molecule has 1 aromatic rings. The molecule has 0 aliphatic heterocycles. The van der Waals surface area contributed by atoms with Gasteiger partial charge in [0.25, 0.3) is 0 Å². The number of rotatable bonds is 4. The van der Waals surface area contributed by atoms with Crippen LogP contribution in [0.1, 0.15) is 38.8 Å². The van der Waals surface area contributed by atoms with Crippen molar-refractivity contribution < 1.29 is 18.3 Å². The van der Waals surface area contributed by atoms with E-state index in [4.69, 9.17) is 10.5 Å². The maximum Gasteiger partial charge on any atom is 0.407 e. The molecule has 1 atom stereocenters. The number of nitrogens with one attached hydrogen (secondary N) is 1. The molecule has 0 aromatic heterocycles. The smallest absolute Gasteiger partial charge is 0.407 e. The summed E-state index contributed by atoms with van der Waals surface area (Å²) in [5.74, 6) is -1.32. The van der Waals surface area contributed by atoms with Crippen molar-refractivity contribution in [2.45, 2.75) is 45.6 Å². The predicted octanol–water partition coefficient (Wildman–Crippen LogP) is 3.01. The minimum absolute atomic E-state index is 0.0277. The van der Waals surface area contributed by atoms with Crippen molar-refractivity contribution in [1.29, 1.82) is 0 Å². The predicted molar refractivity (Wildman–Crippen MR) is 81.7 cm³/mol. The number of carbonyl (C=O) groups excluding carboxylic acids is 1. The Kier molecular flexibility index (Phi) is 5.51. The number of halogens is 2. The van der Waals surface area contributed by atoms with E-state index < -0.39 is 28.7 Å². The fourth-order valence-electron chi connectivity index (χ4n) is 2.05. The zero-order chi connectivity index (χ0) is 17.1. The van der Waals surface area contributed by atoms with Crippen LogP contribution >= 0.6 is 0 Å². The van der Waals surface area contributed by atoms with Gasteiger partial charge in [-0.15, -0.1) is 0 Å². The number of hydrogen-bond acceptors (Lipinski definition) is 3. The summed E-state index contributed by atoms with van der Waals surface area (Å²) in [7, 11) is 0. The quantitative estimate of drug-likeness (QED) is 0.898. The molecule has 0 saturated heterocycles. The summed E-state index contributed by atoms with van der Waals surface area (Å²) in [6.45, 7) is 8.29. The Labute approximate surface area is 130 Å². The molecule has 0 aliphatic rings. The maximum atomic E-state index is 14.3. The van der Waals surface area contributed by atoms with Crippen LogP contribution in [0.2, 0.25) is 0 Å². The van der Waals surface area contributed by atoms with Gasteiger partial charge in [0.2, 0.25) is 0 Å². The second-order valence-corrected chi connectivity index (χ2v) is 6.67. The van der Waals surface area contributed by atoms with Gasteiger partial charge in [-0.25, -0.2) is 13.6 Å². The summed E-state index contributed by atoms with van der Waals surface area (Å²) in [6.07, 6.45) is -0.652. The first-order valence-electron chi connectivity index (χ1n) is 7.12. The van der Waals surface area contributed by atoms with Crippen molar-refractivity contribution in [3.8, 4) is 0 Å². The molecule has 0 fully saturated rings. The van der Waals surface area contributed by atoms with Gasteiger partial charge in [0, 0.05) is 24.1 Å². The molecule has 3 N–H and O–H groups in total. The zero-order valence-corrected chi connectivity index (χ0v) is 13.7. The Balaban J connectivity index is 2.99. The number of alkyl carbamates (subject to hydrolysis) is 1. The van der Waals surface area contributed by atoms with Gasteiger partial charge in [0.1, 0.15) is 17.2 Å². The minimum atomic E-state index is -1.07. The molecular weight excluding hydrogens is 290 g/mol. The van der Waals surface area contributed by atoms with Crippen LogP contribution in [0.3, 0.4) is 0 Å². The maximum absolute atomic E-state index is 14.3. The minimum Gasteiger partial charge on any atom is -0.444 e. The van der Waals surface area contributed by atoms with Crippen molar-refractivity contribution in [3.05, 3.63) is 34.9 Å². The third-order valence-electron chi connectivity index (χ3n) is 3.36. The van der Waals surface area contributed by atoms with Gasteiger partial charge in [-0.2, -0.15) is 0 Å². The average Bonchev–Trinajstić information content (AvgIpc) is 2.39. The molecule has 0 spiro atoms. The van der Waals surface area contributed by atoms with Crippen LogP contribution in [0.15, 0.2) is 12.1 Å². The van der Waals surface area contributed by atoms with E-state index in [0.29, 0.717) is 5.56 Å². The van der Waals surface area contributed by atoms with Gasteiger partial charge in [-0.1, -0.05) is 13.0 Å². The zero-order valence-electron chi connectivity index (χ0n) is 13.7. The fraction of sp³-hybridized carbons (Fsp3) is 0.562. The molecule has 124 valence electrons. The summed E-state index contributed by atoms with van der Waals surface area (Å²) >= 11 is 0. The van der Waals surface area contributed by atoms with Crippen molar-refractivity contribution in [2.24, 2.45) is 5.73 Å².